The second-order valence-corrected chi connectivity index (χ2v) is 10.9. The zero-order chi connectivity index (χ0) is 25.0. The van der Waals surface area contributed by atoms with Crippen molar-refractivity contribution in [1.82, 2.24) is 9.80 Å². The summed E-state index contributed by atoms with van der Waals surface area (Å²) in [6, 6.07) is 13.2. The predicted octanol–water partition coefficient (Wildman–Crippen LogP) is 6.26. The molecule has 0 N–H and O–H groups in total. The zero-order valence-corrected chi connectivity index (χ0v) is 22.1. The molecule has 0 radical (unpaired) electrons. The second kappa shape index (κ2) is 11.2. The molecular weight excluding hydrogens is 483 g/mol. The number of para-hydroxylation sites is 1. The van der Waals surface area contributed by atoms with Crippen LogP contribution in [-0.2, 0) is 11.2 Å². The van der Waals surface area contributed by atoms with Gasteiger partial charge in [0.2, 0.25) is 5.91 Å². The van der Waals surface area contributed by atoms with Crippen molar-refractivity contribution in [3.8, 4) is 5.75 Å². The van der Waals surface area contributed by atoms with Crippen LogP contribution < -0.4 is 4.74 Å². The molecule has 2 heterocycles. The number of ether oxygens (including phenoxy) is 1. The van der Waals surface area contributed by atoms with Gasteiger partial charge in [0.15, 0.2) is 0 Å². The first-order chi connectivity index (χ1) is 16.8. The van der Waals surface area contributed by atoms with Gasteiger partial charge >= 0.3 is 0 Å². The van der Waals surface area contributed by atoms with E-state index in [9.17, 15) is 9.59 Å². The summed E-state index contributed by atoms with van der Waals surface area (Å²) in [5.74, 6) is 1.03. The average molecular weight is 517 g/mol. The fourth-order valence-corrected chi connectivity index (χ4v) is 5.88. The lowest BCUT2D eigenvalue weighted by Crippen LogP contribution is -2.53. The molecule has 1 saturated heterocycles. The van der Waals surface area contributed by atoms with E-state index in [0.717, 1.165) is 31.4 Å². The lowest BCUT2D eigenvalue weighted by Gasteiger charge is -2.44. The van der Waals surface area contributed by atoms with Crippen LogP contribution in [0.5, 0.6) is 5.75 Å². The van der Waals surface area contributed by atoms with Crippen molar-refractivity contribution in [2.75, 3.05) is 26.2 Å². The number of aryl methyl sites for hydroxylation is 1. The number of rotatable bonds is 2. The normalized spacial score (nSPS) is 19.1. The van der Waals surface area contributed by atoms with Gasteiger partial charge in [-0.05, 0) is 75.8 Å². The highest BCUT2D eigenvalue weighted by Crippen LogP contribution is 2.40. The monoisotopic (exact) mass is 516 g/mol. The van der Waals surface area contributed by atoms with E-state index in [4.69, 9.17) is 27.9 Å². The maximum atomic E-state index is 14.0. The molecule has 2 aromatic carbocycles. The summed E-state index contributed by atoms with van der Waals surface area (Å²) in [5.41, 5.74) is 1.26. The van der Waals surface area contributed by atoms with Crippen molar-refractivity contribution < 1.29 is 14.3 Å². The van der Waals surface area contributed by atoms with Gasteiger partial charge in [-0.1, -0.05) is 47.8 Å². The summed E-state index contributed by atoms with van der Waals surface area (Å²) in [7, 11) is 0. The number of carbonyl (C=O) groups excluding carboxylic acids is 2. The molecule has 0 unspecified atom stereocenters. The molecule has 5 nitrogen and oxygen atoms in total. The van der Waals surface area contributed by atoms with E-state index in [1.54, 1.807) is 18.2 Å². The average Bonchev–Trinajstić information content (AvgIpc) is 2.83. The van der Waals surface area contributed by atoms with Crippen LogP contribution in [0.25, 0.3) is 0 Å². The van der Waals surface area contributed by atoms with Crippen LogP contribution in [0, 0.1) is 5.41 Å². The largest absolute Gasteiger partial charge is 0.491 e. The Kier molecular flexibility index (Phi) is 8.28. The highest BCUT2D eigenvalue weighted by atomic mass is 35.5. The summed E-state index contributed by atoms with van der Waals surface area (Å²) < 4.78 is 6.11. The van der Waals surface area contributed by atoms with Crippen LogP contribution in [0.2, 0.25) is 10.0 Å². The lowest BCUT2D eigenvalue weighted by atomic mass is 9.72. The van der Waals surface area contributed by atoms with Gasteiger partial charge in [0.25, 0.3) is 5.91 Å². The van der Waals surface area contributed by atoms with Crippen LogP contribution in [0.1, 0.15) is 61.9 Å². The summed E-state index contributed by atoms with van der Waals surface area (Å²) in [5, 5.41) is 0.889. The number of benzene rings is 2. The van der Waals surface area contributed by atoms with Gasteiger partial charge in [-0.2, -0.15) is 0 Å². The van der Waals surface area contributed by atoms with Gasteiger partial charge in [-0.3, -0.25) is 9.59 Å². The van der Waals surface area contributed by atoms with Gasteiger partial charge in [-0.25, -0.2) is 0 Å². The number of amides is 2. The molecule has 4 rings (SSSR count). The van der Waals surface area contributed by atoms with E-state index in [0.29, 0.717) is 54.7 Å². The number of piperidine rings is 1. The van der Waals surface area contributed by atoms with Gasteiger partial charge in [0.1, 0.15) is 12.4 Å². The summed E-state index contributed by atoms with van der Waals surface area (Å²) >= 11 is 12.2. The van der Waals surface area contributed by atoms with Crippen LogP contribution in [-0.4, -0.2) is 53.9 Å². The number of halogens is 2. The molecule has 0 aromatic heterocycles. The molecule has 2 amide bonds. The van der Waals surface area contributed by atoms with E-state index in [2.05, 4.69) is 26.0 Å². The van der Waals surface area contributed by atoms with Crippen molar-refractivity contribution in [2.45, 2.75) is 58.4 Å². The Morgan fingerprint density at radius 2 is 1.66 bits per heavy atom. The van der Waals surface area contributed by atoms with Crippen molar-refractivity contribution in [3.63, 3.8) is 0 Å². The van der Waals surface area contributed by atoms with E-state index >= 15 is 0 Å². The first-order valence-electron chi connectivity index (χ1n) is 12.6. The Bertz CT molecular complexity index is 1040. The van der Waals surface area contributed by atoms with Crippen molar-refractivity contribution in [3.05, 3.63) is 63.6 Å². The quantitative estimate of drug-likeness (QED) is 0.473. The molecule has 188 valence electrons. The highest BCUT2D eigenvalue weighted by molar-refractivity contribution is 6.35. The minimum absolute atomic E-state index is 0.0782. The van der Waals surface area contributed by atoms with Crippen LogP contribution in [0.4, 0.5) is 0 Å². The lowest BCUT2D eigenvalue weighted by molar-refractivity contribution is -0.148. The van der Waals surface area contributed by atoms with Crippen LogP contribution in [0.3, 0.4) is 0 Å². The Hall–Kier alpha value is -2.24. The van der Waals surface area contributed by atoms with E-state index in [-0.39, 0.29) is 17.9 Å². The fourth-order valence-electron chi connectivity index (χ4n) is 5.35. The smallest absolute Gasteiger partial charge is 0.253 e. The van der Waals surface area contributed by atoms with Gasteiger partial charge in [-0.15, -0.1) is 0 Å². The first-order valence-corrected chi connectivity index (χ1v) is 13.3. The van der Waals surface area contributed by atoms with Crippen molar-refractivity contribution in [1.29, 1.82) is 0 Å². The topological polar surface area (TPSA) is 49.9 Å². The Morgan fingerprint density at radius 3 is 2.34 bits per heavy atom. The third kappa shape index (κ3) is 5.95. The second-order valence-electron chi connectivity index (χ2n) is 9.99. The third-order valence-corrected chi connectivity index (χ3v) is 7.81. The SMILES string of the molecule is CC(C)N1CCOc2ccccc2CCCCC2(CCN(C(=O)c3cc(Cl)cc(Cl)c3)CC2)C1=O. The first kappa shape index (κ1) is 25.8. The summed E-state index contributed by atoms with van der Waals surface area (Å²) in [4.78, 5) is 30.9. The molecule has 0 aliphatic carbocycles. The number of hydrogen-bond acceptors (Lipinski definition) is 3. The van der Waals surface area contributed by atoms with Gasteiger partial charge in [0, 0.05) is 34.7 Å². The number of hydrogen-bond donors (Lipinski definition) is 0. The van der Waals surface area contributed by atoms with Gasteiger partial charge in [0.05, 0.1) is 12.0 Å². The van der Waals surface area contributed by atoms with E-state index < -0.39 is 5.41 Å². The Balaban J connectivity index is 1.52. The molecule has 0 atom stereocenters. The molecule has 1 fully saturated rings. The number of nitrogens with zero attached hydrogens (tertiary/aromatic N) is 2. The summed E-state index contributed by atoms with van der Waals surface area (Å²) in [6.45, 7) is 6.23. The highest BCUT2D eigenvalue weighted by Gasteiger charge is 2.44. The Morgan fingerprint density at radius 1 is 0.971 bits per heavy atom. The molecule has 35 heavy (non-hydrogen) atoms. The molecule has 2 aromatic rings. The zero-order valence-electron chi connectivity index (χ0n) is 20.6. The molecule has 0 bridgehead atoms. The predicted molar refractivity (Wildman–Crippen MR) is 140 cm³/mol. The molecule has 1 spiro atoms. The standard InChI is InChI=1S/C28H34Cl2N2O3/c1-20(2)32-15-16-35-25-9-4-3-7-21(25)8-5-6-10-28(27(32)34)11-13-31(14-12-28)26(33)22-17-23(29)19-24(30)18-22/h3-4,7,9,17-20H,5-6,8,10-16H2,1-2H3. The molecule has 2 aliphatic rings. The Labute approximate surface area is 218 Å². The number of fused-ring (bicyclic) bond motifs is 1. The minimum atomic E-state index is -0.453. The molecule has 2 aliphatic heterocycles. The fraction of sp³-hybridized carbons (Fsp3) is 0.500. The van der Waals surface area contributed by atoms with Crippen LogP contribution in [0.15, 0.2) is 42.5 Å². The van der Waals surface area contributed by atoms with Crippen LogP contribution >= 0.6 is 23.2 Å². The molecular formula is C28H34Cl2N2O3. The maximum absolute atomic E-state index is 14.0. The van der Waals surface area contributed by atoms with E-state index in [1.807, 2.05) is 21.9 Å². The molecule has 0 saturated carbocycles. The van der Waals surface area contributed by atoms with Crippen molar-refractivity contribution >= 4 is 35.0 Å². The minimum Gasteiger partial charge on any atom is -0.491 e. The third-order valence-electron chi connectivity index (χ3n) is 7.37. The maximum Gasteiger partial charge on any atom is 0.253 e. The molecule has 7 heteroatoms. The number of carbonyl (C=O) groups is 2. The number of likely N-dealkylation sites (tertiary alicyclic amines) is 1. The van der Waals surface area contributed by atoms with Gasteiger partial charge < -0.3 is 14.5 Å². The van der Waals surface area contributed by atoms with Crippen molar-refractivity contribution in [2.24, 2.45) is 5.41 Å². The summed E-state index contributed by atoms with van der Waals surface area (Å²) in [6.07, 6.45) is 5.06. The van der Waals surface area contributed by atoms with E-state index in [1.165, 1.54) is 5.56 Å².